The quantitative estimate of drug-likeness (QED) is 0.179. The maximum absolute atomic E-state index is 6.25. The van der Waals surface area contributed by atoms with Crippen LogP contribution in [-0.4, -0.2) is 8.07 Å². The lowest BCUT2D eigenvalue weighted by atomic mass is 10.3. The summed E-state index contributed by atoms with van der Waals surface area (Å²) in [7, 11) is -1.31. The molecule has 0 bridgehead atoms. The van der Waals surface area contributed by atoms with Crippen molar-refractivity contribution in [1.82, 2.24) is 0 Å². The van der Waals surface area contributed by atoms with E-state index in [0.717, 1.165) is 53.0 Å². The number of hydrogen-bond donors (Lipinski definition) is 0. The van der Waals surface area contributed by atoms with Crippen molar-refractivity contribution < 1.29 is 13.3 Å². The van der Waals surface area contributed by atoms with E-state index in [1.807, 2.05) is 35.6 Å². The third kappa shape index (κ3) is 4.61. The van der Waals surface area contributed by atoms with Crippen LogP contribution >= 0.6 is 49.9 Å². The van der Waals surface area contributed by atoms with Gasteiger partial charge in [0.25, 0.3) is 0 Å². The number of rotatable bonds is 6. The summed E-state index contributed by atoms with van der Waals surface area (Å²) in [5.41, 5.74) is 0. The van der Waals surface area contributed by atoms with Crippen LogP contribution in [0.15, 0.2) is 90.7 Å². The Labute approximate surface area is 224 Å². The highest BCUT2D eigenvalue weighted by Crippen LogP contribution is 2.41. The summed E-state index contributed by atoms with van der Waals surface area (Å²) in [5, 5.41) is 0. The Kier molecular flexibility index (Phi) is 5.89. The molecule has 3 nitrogen and oxygen atoms in total. The highest BCUT2D eigenvalue weighted by Gasteiger charge is 2.20. The third-order valence-electron chi connectivity index (χ3n) is 5.56. The van der Waals surface area contributed by atoms with Crippen LogP contribution in [-0.2, 0) is 0 Å². The number of thiophene rings is 3. The van der Waals surface area contributed by atoms with Gasteiger partial charge < -0.3 is 13.3 Å². The Hall–Kier alpha value is -2.36. The Morgan fingerprint density at radius 3 is 1.23 bits per heavy atom. The van der Waals surface area contributed by atoms with Crippen LogP contribution in [0.1, 0.15) is 0 Å². The third-order valence-corrected chi connectivity index (χ3v) is 12.9. The first kappa shape index (κ1) is 23.1. The van der Waals surface area contributed by atoms with Crippen molar-refractivity contribution in [2.75, 3.05) is 0 Å². The Balaban J connectivity index is 1.22. The van der Waals surface area contributed by atoms with E-state index in [4.69, 9.17) is 13.3 Å². The molecule has 0 radical (unpaired) electrons. The van der Waals surface area contributed by atoms with Crippen molar-refractivity contribution in [2.45, 2.75) is 19.6 Å². The van der Waals surface area contributed by atoms with Crippen molar-refractivity contribution in [3.63, 3.8) is 0 Å². The molecule has 0 aromatic carbocycles. The molecule has 0 N–H and O–H groups in total. The molecule has 0 aliphatic heterocycles. The van der Waals surface area contributed by atoms with Gasteiger partial charge in [0.15, 0.2) is 4.67 Å². The smallest absolute Gasteiger partial charge is 0.169 e. The molecule has 0 atom stereocenters. The van der Waals surface area contributed by atoms with Crippen LogP contribution in [0.25, 0.3) is 53.2 Å². The van der Waals surface area contributed by atoms with Gasteiger partial charge in [-0.25, -0.2) is 0 Å². The lowest BCUT2D eigenvalue weighted by molar-refractivity contribution is 0.557. The SMILES string of the molecule is C[Si](C)(C)c1ccc(-c2ccc(-c3ccc(-c4ccc(-c5ccc(-c6ccc(Br)o6)s5)o4)s3)o2)s1. The van der Waals surface area contributed by atoms with Crippen LogP contribution in [0.3, 0.4) is 0 Å². The molecule has 0 amide bonds. The number of halogens is 1. The molecule has 0 aliphatic carbocycles. The summed E-state index contributed by atoms with van der Waals surface area (Å²) >= 11 is 8.55. The molecule has 0 fully saturated rings. The molecule has 0 saturated carbocycles. The molecule has 6 rings (SSSR count). The highest BCUT2D eigenvalue weighted by atomic mass is 79.9. The molecule has 6 aromatic rings. The van der Waals surface area contributed by atoms with E-state index in [1.165, 1.54) is 9.38 Å². The van der Waals surface area contributed by atoms with E-state index in [1.54, 1.807) is 22.7 Å². The molecular weight excluding hydrogens is 576 g/mol. The summed E-state index contributed by atoms with van der Waals surface area (Å²) < 4.78 is 20.4. The highest BCUT2D eigenvalue weighted by molar-refractivity contribution is 9.10. The van der Waals surface area contributed by atoms with Gasteiger partial charge in [0.05, 0.1) is 32.5 Å². The molecule has 0 unspecified atom stereocenters. The number of furan rings is 3. The molecule has 176 valence electrons. The fraction of sp³-hybridized carbons (Fsp3) is 0.111. The molecule has 35 heavy (non-hydrogen) atoms. The minimum Gasteiger partial charge on any atom is -0.454 e. The maximum atomic E-state index is 6.25. The zero-order valence-electron chi connectivity index (χ0n) is 19.3. The Morgan fingerprint density at radius 1 is 0.486 bits per heavy atom. The zero-order valence-corrected chi connectivity index (χ0v) is 24.3. The van der Waals surface area contributed by atoms with Gasteiger partial charge in [0.2, 0.25) is 0 Å². The second-order valence-electron chi connectivity index (χ2n) is 9.17. The van der Waals surface area contributed by atoms with E-state index in [2.05, 4.69) is 84.1 Å². The van der Waals surface area contributed by atoms with Gasteiger partial charge >= 0.3 is 0 Å². The average Bonchev–Trinajstić information content (AvgIpc) is 3.62. The summed E-state index contributed by atoms with van der Waals surface area (Å²) in [4.78, 5) is 5.50. The van der Waals surface area contributed by atoms with E-state index >= 15 is 0 Å². The maximum Gasteiger partial charge on any atom is 0.169 e. The van der Waals surface area contributed by atoms with Crippen LogP contribution in [0.4, 0.5) is 0 Å². The van der Waals surface area contributed by atoms with Crippen molar-refractivity contribution in [3.05, 3.63) is 77.5 Å². The molecule has 6 aromatic heterocycles. The van der Waals surface area contributed by atoms with E-state index in [9.17, 15) is 0 Å². The average molecular weight is 598 g/mol. The largest absolute Gasteiger partial charge is 0.454 e. The monoisotopic (exact) mass is 596 g/mol. The molecule has 0 spiro atoms. The van der Waals surface area contributed by atoms with Gasteiger partial charge in [0, 0.05) is 0 Å². The molecule has 8 heteroatoms. The first-order chi connectivity index (χ1) is 16.8. The van der Waals surface area contributed by atoms with Gasteiger partial charge in [0.1, 0.15) is 28.8 Å². The predicted octanol–water partition coefficient (Wildman–Crippen LogP) is 10.3. The second-order valence-corrected chi connectivity index (χ2v) is 18.6. The summed E-state index contributed by atoms with van der Waals surface area (Å²) in [6, 6.07) is 24.8. The van der Waals surface area contributed by atoms with E-state index in [0.29, 0.717) is 0 Å². The molecule has 0 aliphatic rings. The van der Waals surface area contributed by atoms with Crippen LogP contribution in [0, 0.1) is 0 Å². The predicted molar refractivity (Wildman–Crippen MR) is 155 cm³/mol. The Morgan fingerprint density at radius 2 is 0.857 bits per heavy atom. The molecular formula is C27H21BrO3S3Si. The van der Waals surface area contributed by atoms with Gasteiger partial charge in [-0.3, -0.25) is 0 Å². The van der Waals surface area contributed by atoms with Crippen LogP contribution in [0.5, 0.6) is 0 Å². The summed E-state index contributed by atoms with van der Waals surface area (Å²) in [6.07, 6.45) is 0. The van der Waals surface area contributed by atoms with E-state index < -0.39 is 8.07 Å². The van der Waals surface area contributed by atoms with Gasteiger partial charge in [-0.05, 0) is 87.2 Å². The van der Waals surface area contributed by atoms with Crippen molar-refractivity contribution in [3.8, 4) is 53.2 Å². The van der Waals surface area contributed by atoms with Crippen molar-refractivity contribution >= 4 is 62.5 Å². The van der Waals surface area contributed by atoms with Crippen LogP contribution in [0.2, 0.25) is 19.6 Å². The normalized spacial score (nSPS) is 12.0. The molecule has 0 saturated heterocycles. The first-order valence-electron chi connectivity index (χ1n) is 11.1. The summed E-state index contributed by atoms with van der Waals surface area (Å²) in [5.74, 6) is 4.38. The fourth-order valence-electron chi connectivity index (χ4n) is 3.73. The van der Waals surface area contributed by atoms with Crippen LogP contribution < -0.4 is 4.50 Å². The zero-order chi connectivity index (χ0) is 24.2. The van der Waals surface area contributed by atoms with E-state index in [-0.39, 0.29) is 0 Å². The van der Waals surface area contributed by atoms with Gasteiger partial charge in [-0.1, -0.05) is 25.7 Å². The minimum absolute atomic E-state index is 0.728. The first-order valence-corrected chi connectivity index (χ1v) is 17.8. The fourth-order valence-corrected chi connectivity index (χ4v) is 8.75. The topological polar surface area (TPSA) is 39.4 Å². The Bertz CT molecular complexity index is 1620. The van der Waals surface area contributed by atoms with Crippen molar-refractivity contribution in [1.29, 1.82) is 0 Å². The minimum atomic E-state index is -1.31. The standard InChI is InChI=1S/C27H21BrO3S3Si/c1-35(2,3)27-15-13-25(34-27)19-7-6-18(30-19)22-10-9-21(32-22)16-4-5-17(29-16)23-11-12-24(33-23)20-8-14-26(28)31-20/h4-15H,1-3H3. The number of hydrogen-bond acceptors (Lipinski definition) is 6. The second kappa shape index (κ2) is 8.94. The van der Waals surface area contributed by atoms with Gasteiger partial charge in [-0.15, -0.1) is 34.0 Å². The summed E-state index contributed by atoms with van der Waals surface area (Å²) in [6.45, 7) is 7.12. The molecule has 6 heterocycles. The lowest BCUT2D eigenvalue weighted by Gasteiger charge is -2.12. The lowest BCUT2D eigenvalue weighted by Crippen LogP contribution is -2.34. The van der Waals surface area contributed by atoms with Gasteiger partial charge in [-0.2, -0.15) is 0 Å². The van der Waals surface area contributed by atoms with Crippen molar-refractivity contribution in [2.24, 2.45) is 0 Å².